The third kappa shape index (κ3) is 4.14. The molecule has 0 spiro atoms. The fourth-order valence-electron chi connectivity index (χ4n) is 3.48. The van der Waals surface area contributed by atoms with Gasteiger partial charge in [0.1, 0.15) is 17.4 Å². The number of rotatable bonds is 6. The quantitative estimate of drug-likeness (QED) is 0.750. The summed E-state index contributed by atoms with van der Waals surface area (Å²) < 4.78 is 7.29. The van der Waals surface area contributed by atoms with Crippen LogP contribution in [0.2, 0.25) is 0 Å². The summed E-state index contributed by atoms with van der Waals surface area (Å²) in [5.41, 5.74) is 1.68. The van der Waals surface area contributed by atoms with Crippen molar-refractivity contribution in [2.45, 2.75) is 32.2 Å². The van der Waals surface area contributed by atoms with E-state index in [0.29, 0.717) is 12.6 Å². The first-order chi connectivity index (χ1) is 12.6. The average molecular weight is 351 g/mol. The summed E-state index contributed by atoms with van der Waals surface area (Å²) in [6.07, 6.45) is 5.39. The zero-order chi connectivity index (χ0) is 18.5. The second kappa shape index (κ2) is 8.20. The Hall–Kier alpha value is -2.58. The first kappa shape index (κ1) is 18.2. The summed E-state index contributed by atoms with van der Waals surface area (Å²) in [5, 5.41) is 9.09. The van der Waals surface area contributed by atoms with Gasteiger partial charge in [-0.25, -0.2) is 0 Å². The summed E-state index contributed by atoms with van der Waals surface area (Å²) in [6.45, 7) is 5.30. The van der Waals surface area contributed by atoms with Crippen molar-refractivity contribution in [3.63, 3.8) is 0 Å². The highest BCUT2D eigenvalue weighted by Crippen LogP contribution is 2.22. The lowest BCUT2D eigenvalue weighted by molar-refractivity contribution is 0.230. The van der Waals surface area contributed by atoms with E-state index in [2.05, 4.69) is 11.8 Å². The number of nitriles is 1. The van der Waals surface area contributed by atoms with Gasteiger partial charge in [-0.1, -0.05) is 12.1 Å². The molecule has 1 aliphatic rings. The average Bonchev–Trinajstić information content (AvgIpc) is 3.06. The maximum atomic E-state index is 11.8. The van der Waals surface area contributed by atoms with Gasteiger partial charge < -0.3 is 14.2 Å². The molecule has 0 radical (unpaired) electrons. The molecule has 1 fully saturated rings. The molecule has 1 atom stereocenters. The van der Waals surface area contributed by atoms with Crippen molar-refractivity contribution >= 4 is 0 Å². The number of aryl methyl sites for hydroxylation is 1. The van der Waals surface area contributed by atoms with Crippen LogP contribution in [0.25, 0.3) is 11.1 Å². The van der Waals surface area contributed by atoms with Crippen molar-refractivity contribution in [1.82, 2.24) is 9.47 Å². The minimum absolute atomic E-state index is 0.154. The standard InChI is InChI=1S/C21H25N3O2/c1-16-5-3-10-24(16)11-4-12-26-20-8-6-17(7-9-20)19-13-18(14-22)21(25)23(2)15-19/h6-9,13,15-16H,3-5,10-12H2,1-2H3/t16-/m1/s1. The number of aromatic nitrogens is 1. The van der Waals surface area contributed by atoms with Crippen LogP contribution in [-0.2, 0) is 7.05 Å². The number of nitrogens with zero attached hydrogens (tertiary/aromatic N) is 3. The Balaban J connectivity index is 1.58. The van der Waals surface area contributed by atoms with Gasteiger partial charge in [0, 0.05) is 25.8 Å². The number of hydrogen-bond donors (Lipinski definition) is 0. The third-order valence-corrected chi connectivity index (χ3v) is 5.04. The second-order valence-corrected chi connectivity index (χ2v) is 6.92. The van der Waals surface area contributed by atoms with E-state index in [1.165, 1.54) is 24.0 Å². The summed E-state index contributed by atoms with van der Waals surface area (Å²) in [7, 11) is 1.66. The Labute approximate surface area is 154 Å². The van der Waals surface area contributed by atoms with Gasteiger partial charge in [-0.15, -0.1) is 0 Å². The number of pyridine rings is 1. The van der Waals surface area contributed by atoms with E-state index in [-0.39, 0.29) is 11.1 Å². The third-order valence-electron chi connectivity index (χ3n) is 5.04. The molecule has 136 valence electrons. The van der Waals surface area contributed by atoms with Crippen LogP contribution >= 0.6 is 0 Å². The Kier molecular flexibility index (Phi) is 5.75. The van der Waals surface area contributed by atoms with Gasteiger partial charge in [0.25, 0.3) is 5.56 Å². The summed E-state index contributed by atoms with van der Waals surface area (Å²) in [4.78, 5) is 14.3. The minimum Gasteiger partial charge on any atom is -0.494 e. The summed E-state index contributed by atoms with van der Waals surface area (Å²) in [5.74, 6) is 0.841. The smallest absolute Gasteiger partial charge is 0.268 e. The van der Waals surface area contributed by atoms with Crippen molar-refractivity contribution in [2.24, 2.45) is 7.05 Å². The van der Waals surface area contributed by atoms with Gasteiger partial charge in [-0.05, 0) is 62.1 Å². The molecule has 0 amide bonds. The predicted octanol–water partition coefficient (Wildman–Crippen LogP) is 3.18. The highest BCUT2D eigenvalue weighted by Gasteiger charge is 2.19. The van der Waals surface area contributed by atoms with E-state index in [4.69, 9.17) is 10.00 Å². The zero-order valence-electron chi connectivity index (χ0n) is 15.4. The Morgan fingerprint density at radius 3 is 2.69 bits per heavy atom. The molecule has 5 heteroatoms. The largest absolute Gasteiger partial charge is 0.494 e. The lowest BCUT2D eigenvalue weighted by atomic mass is 10.1. The van der Waals surface area contributed by atoms with E-state index >= 15 is 0 Å². The number of likely N-dealkylation sites (tertiary alicyclic amines) is 1. The van der Waals surface area contributed by atoms with Crippen molar-refractivity contribution in [3.05, 3.63) is 52.4 Å². The van der Waals surface area contributed by atoms with Crippen molar-refractivity contribution < 1.29 is 4.74 Å². The Bertz CT molecular complexity index is 849. The highest BCUT2D eigenvalue weighted by molar-refractivity contribution is 5.64. The lowest BCUT2D eigenvalue weighted by Crippen LogP contribution is -2.28. The molecule has 1 aromatic carbocycles. The molecule has 1 aromatic heterocycles. The molecule has 2 aromatic rings. The van der Waals surface area contributed by atoms with E-state index < -0.39 is 0 Å². The van der Waals surface area contributed by atoms with Crippen molar-refractivity contribution in [1.29, 1.82) is 5.26 Å². The van der Waals surface area contributed by atoms with E-state index in [0.717, 1.165) is 29.8 Å². The molecule has 0 saturated carbocycles. The number of hydrogen-bond acceptors (Lipinski definition) is 4. The lowest BCUT2D eigenvalue weighted by Gasteiger charge is -2.20. The van der Waals surface area contributed by atoms with Crippen LogP contribution in [0.3, 0.4) is 0 Å². The molecule has 0 N–H and O–H groups in total. The second-order valence-electron chi connectivity index (χ2n) is 6.92. The maximum absolute atomic E-state index is 11.8. The fraction of sp³-hybridized carbons (Fsp3) is 0.429. The van der Waals surface area contributed by atoms with Gasteiger partial charge >= 0.3 is 0 Å². The molecule has 0 aliphatic carbocycles. The van der Waals surface area contributed by atoms with Gasteiger partial charge in [0.05, 0.1) is 6.61 Å². The topological polar surface area (TPSA) is 58.3 Å². The van der Waals surface area contributed by atoms with Gasteiger partial charge in [0.2, 0.25) is 0 Å². The molecule has 1 aliphatic heterocycles. The summed E-state index contributed by atoms with van der Waals surface area (Å²) >= 11 is 0. The molecule has 3 rings (SSSR count). The molecule has 0 unspecified atom stereocenters. The van der Waals surface area contributed by atoms with Crippen LogP contribution in [0.4, 0.5) is 0 Å². The predicted molar refractivity (Wildman–Crippen MR) is 102 cm³/mol. The van der Waals surface area contributed by atoms with E-state index in [1.54, 1.807) is 19.3 Å². The summed E-state index contributed by atoms with van der Waals surface area (Å²) in [6, 6.07) is 12.1. The normalized spacial score (nSPS) is 17.2. The van der Waals surface area contributed by atoms with Crippen LogP contribution in [-0.4, -0.2) is 35.2 Å². The molecule has 2 heterocycles. The van der Waals surface area contributed by atoms with Crippen LogP contribution < -0.4 is 10.3 Å². The molecule has 5 nitrogen and oxygen atoms in total. The van der Waals surface area contributed by atoms with Crippen LogP contribution in [0.1, 0.15) is 31.7 Å². The first-order valence-electron chi connectivity index (χ1n) is 9.16. The van der Waals surface area contributed by atoms with Crippen molar-refractivity contribution in [3.8, 4) is 22.9 Å². The maximum Gasteiger partial charge on any atom is 0.268 e. The van der Waals surface area contributed by atoms with E-state index in [1.807, 2.05) is 30.3 Å². The van der Waals surface area contributed by atoms with E-state index in [9.17, 15) is 4.79 Å². The molecular weight excluding hydrogens is 326 g/mol. The Morgan fingerprint density at radius 1 is 1.27 bits per heavy atom. The molecule has 1 saturated heterocycles. The Morgan fingerprint density at radius 2 is 2.04 bits per heavy atom. The zero-order valence-corrected chi connectivity index (χ0v) is 15.4. The molecule has 26 heavy (non-hydrogen) atoms. The van der Waals surface area contributed by atoms with Crippen LogP contribution in [0.15, 0.2) is 41.3 Å². The van der Waals surface area contributed by atoms with Gasteiger partial charge in [-0.2, -0.15) is 5.26 Å². The highest BCUT2D eigenvalue weighted by atomic mass is 16.5. The minimum atomic E-state index is -0.275. The van der Waals surface area contributed by atoms with Gasteiger partial charge in [-0.3, -0.25) is 4.79 Å². The molecule has 0 bridgehead atoms. The first-order valence-corrected chi connectivity index (χ1v) is 9.16. The number of benzene rings is 1. The van der Waals surface area contributed by atoms with Crippen molar-refractivity contribution in [2.75, 3.05) is 19.7 Å². The van der Waals surface area contributed by atoms with Gasteiger partial charge in [0.15, 0.2) is 0 Å². The fourth-order valence-corrected chi connectivity index (χ4v) is 3.48. The SMILES string of the molecule is C[C@@H]1CCCN1CCCOc1ccc(-c2cc(C#N)c(=O)n(C)c2)cc1. The molecular formula is C21H25N3O2. The number of ether oxygens (including phenoxy) is 1. The van der Waals surface area contributed by atoms with Crippen LogP contribution in [0.5, 0.6) is 5.75 Å². The monoisotopic (exact) mass is 351 g/mol. The van der Waals surface area contributed by atoms with Crippen LogP contribution in [0, 0.1) is 11.3 Å².